The number of hydrogen-bond donors (Lipinski definition) is 1. The number of rotatable bonds is 1. The summed E-state index contributed by atoms with van der Waals surface area (Å²) in [5, 5.41) is 10.7. The van der Waals surface area contributed by atoms with Crippen LogP contribution in [0.25, 0.3) is 11.3 Å². The van der Waals surface area contributed by atoms with E-state index >= 15 is 0 Å². The molecule has 2 aromatic rings. The van der Waals surface area contributed by atoms with Gasteiger partial charge >= 0.3 is 0 Å². The zero-order chi connectivity index (χ0) is 16.8. The fourth-order valence-electron chi connectivity index (χ4n) is 2.95. The van der Waals surface area contributed by atoms with Gasteiger partial charge in [-0.2, -0.15) is 0 Å². The highest BCUT2D eigenvalue weighted by atomic mass is 16.7. The van der Waals surface area contributed by atoms with E-state index in [1.54, 1.807) is 42.5 Å². The van der Waals surface area contributed by atoms with Crippen molar-refractivity contribution >= 4 is 28.8 Å². The fourth-order valence-corrected chi connectivity index (χ4v) is 2.95. The molecular weight excluding hydrogens is 310 g/mol. The summed E-state index contributed by atoms with van der Waals surface area (Å²) in [4.78, 5) is 25.6. The van der Waals surface area contributed by atoms with Crippen LogP contribution in [0.2, 0.25) is 0 Å². The zero-order valence-corrected chi connectivity index (χ0v) is 12.8. The Kier molecular flexibility index (Phi) is 3.06. The van der Waals surface area contributed by atoms with Gasteiger partial charge in [0.2, 0.25) is 12.7 Å². The van der Waals surface area contributed by atoms with Gasteiger partial charge in [0.25, 0.3) is 5.91 Å². The number of fused-ring (bicyclic) bond motifs is 2. The minimum Gasteiger partial charge on any atom is -0.506 e. The van der Waals surface area contributed by atoms with Gasteiger partial charge in [0.1, 0.15) is 5.76 Å². The molecule has 0 aliphatic carbocycles. The number of para-hydroxylation sites is 1. The summed E-state index contributed by atoms with van der Waals surface area (Å²) in [7, 11) is 0. The Morgan fingerprint density at radius 3 is 2.67 bits per heavy atom. The van der Waals surface area contributed by atoms with Gasteiger partial charge in [-0.05, 0) is 24.3 Å². The van der Waals surface area contributed by atoms with Crippen molar-refractivity contribution in [3.63, 3.8) is 0 Å². The van der Waals surface area contributed by atoms with Gasteiger partial charge in [-0.25, -0.2) is 4.90 Å². The maximum absolute atomic E-state index is 12.7. The van der Waals surface area contributed by atoms with Crippen molar-refractivity contribution < 1.29 is 24.2 Å². The van der Waals surface area contributed by atoms with Crippen LogP contribution in [0.5, 0.6) is 11.5 Å². The van der Waals surface area contributed by atoms with E-state index in [0.717, 1.165) is 4.90 Å². The van der Waals surface area contributed by atoms with E-state index in [2.05, 4.69) is 0 Å². The summed E-state index contributed by atoms with van der Waals surface area (Å²) in [6, 6.07) is 11.8. The topological polar surface area (TPSA) is 76.1 Å². The van der Waals surface area contributed by atoms with E-state index in [1.807, 2.05) is 0 Å². The molecular formula is C18H13NO5. The number of imide groups is 1. The molecule has 0 saturated heterocycles. The van der Waals surface area contributed by atoms with Crippen molar-refractivity contribution in [2.75, 3.05) is 11.7 Å². The van der Waals surface area contributed by atoms with Crippen LogP contribution in [0.1, 0.15) is 18.1 Å². The Labute approximate surface area is 137 Å². The number of hydrogen-bond acceptors (Lipinski definition) is 5. The minimum atomic E-state index is -0.543. The molecule has 0 saturated carbocycles. The lowest BCUT2D eigenvalue weighted by Gasteiger charge is -2.11. The standard InChI is InChI=1S/C18H13NO5/c1-10(20)19-13-5-3-2-4-12(13)16(18(19)22)17(21)11-6-7-14-15(8-11)24-9-23-14/h2-8,21H,9H2,1H3/b17-16+. The van der Waals surface area contributed by atoms with E-state index in [4.69, 9.17) is 9.47 Å². The first kappa shape index (κ1) is 14.3. The van der Waals surface area contributed by atoms with E-state index in [9.17, 15) is 14.7 Å². The predicted octanol–water partition coefficient (Wildman–Crippen LogP) is 2.73. The summed E-state index contributed by atoms with van der Waals surface area (Å²) < 4.78 is 10.5. The molecule has 0 spiro atoms. The normalized spacial score (nSPS) is 17.0. The lowest BCUT2D eigenvalue weighted by Crippen LogP contribution is -2.31. The van der Waals surface area contributed by atoms with Crippen molar-refractivity contribution in [3.05, 3.63) is 53.6 Å². The van der Waals surface area contributed by atoms with Crippen LogP contribution < -0.4 is 14.4 Å². The molecule has 0 bridgehead atoms. The Morgan fingerprint density at radius 1 is 1.12 bits per heavy atom. The number of amides is 2. The SMILES string of the molecule is CC(=O)N1C(=O)/C(=C(/O)c2ccc3c(c2)OCO3)c2ccccc21. The van der Waals surface area contributed by atoms with Crippen LogP contribution >= 0.6 is 0 Å². The number of carbonyl (C=O) groups is 2. The largest absolute Gasteiger partial charge is 0.506 e. The van der Waals surface area contributed by atoms with Crippen molar-refractivity contribution in [3.8, 4) is 11.5 Å². The molecule has 6 nitrogen and oxygen atoms in total. The smallest absolute Gasteiger partial charge is 0.269 e. The molecule has 0 fully saturated rings. The molecule has 120 valence electrons. The maximum Gasteiger partial charge on any atom is 0.269 e. The Balaban J connectivity index is 1.90. The molecule has 0 aromatic heterocycles. The minimum absolute atomic E-state index is 0.0969. The van der Waals surface area contributed by atoms with Gasteiger partial charge in [0, 0.05) is 18.1 Å². The predicted molar refractivity (Wildman–Crippen MR) is 86.6 cm³/mol. The molecule has 24 heavy (non-hydrogen) atoms. The molecule has 2 amide bonds. The molecule has 1 N–H and O–H groups in total. The molecule has 0 unspecified atom stereocenters. The Morgan fingerprint density at radius 2 is 1.88 bits per heavy atom. The molecule has 2 heterocycles. The highest BCUT2D eigenvalue weighted by Gasteiger charge is 2.37. The summed E-state index contributed by atoms with van der Waals surface area (Å²) in [5.41, 5.74) is 1.51. The molecule has 0 atom stereocenters. The quantitative estimate of drug-likeness (QED) is 0.645. The second-order valence-corrected chi connectivity index (χ2v) is 5.47. The number of benzene rings is 2. The van der Waals surface area contributed by atoms with Crippen molar-refractivity contribution in [2.24, 2.45) is 0 Å². The van der Waals surface area contributed by atoms with Crippen molar-refractivity contribution in [2.45, 2.75) is 6.92 Å². The van der Waals surface area contributed by atoms with Gasteiger partial charge in [-0.3, -0.25) is 9.59 Å². The third kappa shape index (κ3) is 1.96. The molecule has 6 heteroatoms. The number of aliphatic hydroxyl groups is 1. The van der Waals surface area contributed by atoms with Crippen LogP contribution in [-0.4, -0.2) is 23.7 Å². The van der Waals surface area contributed by atoms with Crippen molar-refractivity contribution in [1.29, 1.82) is 0 Å². The second-order valence-electron chi connectivity index (χ2n) is 5.47. The molecule has 2 aliphatic heterocycles. The summed E-state index contributed by atoms with van der Waals surface area (Å²) in [6.07, 6.45) is 0. The first-order valence-corrected chi connectivity index (χ1v) is 7.35. The highest BCUT2D eigenvalue weighted by Crippen LogP contribution is 2.41. The van der Waals surface area contributed by atoms with E-state index in [0.29, 0.717) is 28.3 Å². The van der Waals surface area contributed by atoms with Crippen LogP contribution in [0.4, 0.5) is 5.69 Å². The first-order valence-electron chi connectivity index (χ1n) is 7.35. The highest BCUT2D eigenvalue weighted by molar-refractivity contribution is 6.42. The fraction of sp³-hybridized carbons (Fsp3) is 0.111. The van der Waals surface area contributed by atoms with Gasteiger partial charge < -0.3 is 14.6 Å². The second kappa shape index (κ2) is 5.13. The van der Waals surface area contributed by atoms with Crippen LogP contribution in [0.15, 0.2) is 42.5 Å². The van der Waals surface area contributed by atoms with Crippen LogP contribution in [-0.2, 0) is 9.59 Å². The average Bonchev–Trinajstić information content (AvgIpc) is 3.14. The van der Waals surface area contributed by atoms with Gasteiger partial charge in [-0.15, -0.1) is 0 Å². The average molecular weight is 323 g/mol. The van der Waals surface area contributed by atoms with E-state index in [1.165, 1.54) is 6.92 Å². The van der Waals surface area contributed by atoms with Gasteiger partial charge in [0.15, 0.2) is 11.5 Å². The Hall–Kier alpha value is -3.28. The van der Waals surface area contributed by atoms with Gasteiger partial charge in [-0.1, -0.05) is 18.2 Å². The van der Waals surface area contributed by atoms with E-state index < -0.39 is 11.8 Å². The summed E-state index contributed by atoms with van der Waals surface area (Å²) in [5.74, 6) is -0.0591. The van der Waals surface area contributed by atoms with Crippen LogP contribution in [0.3, 0.4) is 0 Å². The van der Waals surface area contributed by atoms with Crippen molar-refractivity contribution in [1.82, 2.24) is 0 Å². The third-order valence-corrected chi connectivity index (χ3v) is 4.03. The molecule has 2 aromatic carbocycles. The number of aliphatic hydroxyl groups excluding tert-OH is 1. The van der Waals surface area contributed by atoms with Gasteiger partial charge in [0.05, 0.1) is 11.3 Å². The Bertz CT molecular complexity index is 915. The lowest BCUT2D eigenvalue weighted by atomic mass is 10.0. The monoisotopic (exact) mass is 323 g/mol. The number of anilines is 1. The number of nitrogens with zero attached hydrogens (tertiary/aromatic N) is 1. The molecule has 0 radical (unpaired) electrons. The zero-order valence-electron chi connectivity index (χ0n) is 12.8. The summed E-state index contributed by atoms with van der Waals surface area (Å²) in [6.45, 7) is 1.44. The van der Waals surface area contributed by atoms with Crippen LogP contribution in [0, 0.1) is 0 Å². The molecule has 2 aliphatic rings. The summed E-state index contributed by atoms with van der Waals surface area (Å²) >= 11 is 0. The number of carbonyl (C=O) groups excluding carboxylic acids is 2. The number of ether oxygens (including phenoxy) is 2. The lowest BCUT2D eigenvalue weighted by molar-refractivity contribution is -0.122. The van der Waals surface area contributed by atoms with E-state index in [-0.39, 0.29) is 18.1 Å². The first-order chi connectivity index (χ1) is 11.6. The third-order valence-electron chi connectivity index (χ3n) is 4.03. The maximum atomic E-state index is 12.7. The molecule has 4 rings (SSSR count).